The summed E-state index contributed by atoms with van der Waals surface area (Å²) < 4.78 is 48.8. The van der Waals surface area contributed by atoms with Crippen molar-refractivity contribution in [2.24, 2.45) is 0 Å². The highest BCUT2D eigenvalue weighted by atomic mass is 35.5. The van der Waals surface area contributed by atoms with E-state index in [1.807, 2.05) is 0 Å². The third-order valence-corrected chi connectivity index (χ3v) is 3.73. The minimum Gasteiger partial charge on any atom is -0.497 e. The predicted molar refractivity (Wildman–Crippen MR) is 88.3 cm³/mol. The Morgan fingerprint density at radius 3 is 2.44 bits per heavy atom. The second kappa shape index (κ2) is 7.65. The van der Waals surface area contributed by atoms with Gasteiger partial charge in [0.2, 0.25) is 5.91 Å². The smallest absolute Gasteiger partial charge is 0.417 e. The van der Waals surface area contributed by atoms with E-state index in [0.717, 1.165) is 12.1 Å². The molecule has 2 rings (SSSR count). The van der Waals surface area contributed by atoms with Crippen LogP contribution in [0.2, 0.25) is 5.02 Å². The second-order valence-electron chi connectivity index (χ2n) is 5.10. The quantitative estimate of drug-likeness (QED) is 0.836. The van der Waals surface area contributed by atoms with Crippen molar-refractivity contribution in [1.29, 1.82) is 0 Å². The molecule has 4 nitrogen and oxygen atoms in total. The lowest BCUT2D eigenvalue weighted by atomic mass is 10.1. The lowest BCUT2D eigenvalue weighted by Gasteiger charge is -2.13. The van der Waals surface area contributed by atoms with Gasteiger partial charge in [0.1, 0.15) is 11.5 Å². The summed E-state index contributed by atoms with van der Waals surface area (Å²) in [6, 6.07) is 8.13. The van der Waals surface area contributed by atoms with Crippen LogP contribution in [0.15, 0.2) is 36.4 Å². The first kappa shape index (κ1) is 18.9. The van der Waals surface area contributed by atoms with Crippen molar-refractivity contribution in [3.05, 3.63) is 52.5 Å². The maximum absolute atomic E-state index is 12.9. The first-order chi connectivity index (χ1) is 11.7. The zero-order valence-corrected chi connectivity index (χ0v) is 14.2. The van der Waals surface area contributed by atoms with E-state index in [1.165, 1.54) is 20.3 Å². The van der Waals surface area contributed by atoms with Gasteiger partial charge in [-0.2, -0.15) is 13.2 Å². The number of ether oxygens (including phenoxy) is 2. The number of rotatable bonds is 5. The van der Waals surface area contributed by atoms with E-state index in [4.69, 9.17) is 21.1 Å². The van der Waals surface area contributed by atoms with E-state index in [2.05, 4.69) is 5.32 Å². The molecular formula is C17H15ClF3NO3. The Balaban J connectivity index is 2.16. The number of carbonyl (C=O) groups is 1. The molecule has 8 heteroatoms. The summed E-state index contributed by atoms with van der Waals surface area (Å²) in [4.78, 5) is 12.1. The van der Waals surface area contributed by atoms with Crippen molar-refractivity contribution < 1.29 is 27.4 Å². The molecule has 0 aliphatic heterocycles. The fraction of sp³-hybridized carbons (Fsp3) is 0.235. The van der Waals surface area contributed by atoms with Crippen LogP contribution in [0.3, 0.4) is 0 Å². The summed E-state index contributed by atoms with van der Waals surface area (Å²) in [6.45, 7) is 0. The number of methoxy groups -OCH3 is 2. The van der Waals surface area contributed by atoms with E-state index >= 15 is 0 Å². The van der Waals surface area contributed by atoms with Crippen LogP contribution in [0.25, 0.3) is 0 Å². The van der Waals surface area contributed by atoms with Gasteiger partial charge >= 0.3 is 6.18 Å². The SMILES string of the molecule is COc1ccc(CC(=O)Nc2ccc(Cl)c(C(F)(F)F)c2)c(OC)c1. The minimum absolute atomic E-state index is 0.00852. The molecular weight excluding hydrogens is 359 g/mol. The van der Waals surface area contributed by atoms with Gasteiger partial charge in [-0.25, -0.2) is 0 Å². The Hall–Kier alpha value is -2.41. The van der Waals surface area contributed by atoms with Gasteiger partial charge in [0.15, 0.2) is 0 Å². The molecule has 2 aromatic carbocycles. The summed E-state index contributed by atoms with van der Waals surface area (Å²) in [5.41, 5.74) is -0.422. The summed E-state index contributed by atoms with van der Waals surface area (Å²) in [5, 5.41) is 2.00. The van der Waals surface area contributed by atoms with E-state index < -0.39 is 22.7 Å². The molecule has 0 aromatic heterocycles. The van der Waals surface area contributed by atoms with E-state index in [0.29, 0.717) is 17.1 Å². The highest BCUT2D eigenvalue weighted by molar-refractivity contribution is 6.31. The number of amides is 1. The number of alkyl halides is 3. The average Bonchev–Trinajstić information content (AvgIpc) is 2.56. The molecule has 0 unspecified atom stereocenters. The number of carbonyl (C=O) groups excluding carboxylic acids is 1. The largest absolute Gasteiger partial charge is 0.497 e. The molecule has 0 aliphatic carbocycles. The molecule has 0 saturated heterocycles. The number of anilines is 1. The van der Waals surface area contributed by atoms with Crippen molar-refractivity contribution in [2.75, 3.05) is 19.5 Å². The van der Waals surface area contributed by atoms with Gasteiger partial charge in [-0.05, 0) is 24.3 Å². The normalized spacial score (nSPS) is 11.1. The molecule has 0 heterocycles. The van der Waals surface area contributed by atoms with Crippen LogP contribution in [-0.2, 0) is 17.4 Å². The molecule has 134 valence electrons. The standard InChI is InChI=1S/C17H15ClF3NO3/c1-24-12-5-3-10(15(9-12)25-2)7-16(23)22-11-4-6-14(18)13(8-11)17(19,20)21/h3-6,8-9H,7H2,1-2H3,(H,22,23). The number of halogens is 4. The van der Waals surface area contributed by atoms with Crippen molar-refractivity contribution in [2.45, 2.75) is 12.6 Å². The highest BCUT2D eigenvalue weighted by Gasteiger charge is 2.33. The zero-order chi connectivity index (χ0) is 18.6. The molecule has 1 N–H and O–H groups in total. The fourth-order valence-electron chi connectivity index (χ4n) is 2.20. The number of hydrogen-bond donors (Lipinski definition) is 1. The number of benzene rings is 2. The third-order valence-electron chi connectivity index (χ3n) is 3.40. The van der Waals surface area contributed by atoms with E-state index in [9.17, 15) is 18.0 Å². The molecule has 0 saturated carbocycles. The van der Waals surface area contributed by atoms with Gasteiger partial charge in [-0.3, -0.25) is 4.79 Å². The van der Waals surface area contributed by atoms with Crippen molar-refractivity contribution in [3.8, 4) is 11.5 Å². The van der Waals surface area contributed by atoms with Crippen molar-refractivity contribution in [1.82, 2.24) is 0 Å². The third kappa shape index (κ3) is 4.79. The Labute approximate surface area is 147 Å². The average molecular weight is 374 g/mol. The monoisotopic (exact) mass is 373 g/mol. The molecule has 1 amide bonds. The molecule has 2 aromatic rings. The topological polar surface area (TPSA) is 47.6 Å². The van der Waals surface area contributed by atoms with Crippen LogP contribution in [0.1, 0.15) is 11.1 Å². The molecule has 0 spiro atoms. The molecule has 0 aliphatic rings. The number of nitrogens with one attached hydrogen (secondary N) is 1. The van der Waals surface area contributed by atoms with Gasteiger partial charge < -0.3 is 14.8 Å². The fourth-order valence-corrected chi connectivity index (χ4v) is 2.42. The second-order valence-corrected chi connectivity index (χ2v) is 5.50. The van der Waals surface area contributed by atoms with Gasteiger partial charge in [0, 0.05) is 17.3 Å². The van der Waals surface area contributed by atoms with Gasteiger partial charge in [0.25, 0.3) is 0 Å². The van der Waals surface area contributed by atoms with Crippen molar-refractivity contribution in [3.63, 3.8) is 0 Å². The molecule has 0 bridgehead atoms. The minimum atomic E-state index is -4.60. The maximum atomic E-state index is 12.9. The van der Waals surface area contributed by atoms with Crippen LogP contribution < -0.4 is 14.8 Å². The lowest BCUT2D eigenvalue weighted by Crippen LogP contribution is -2.16. The Kier molecular flexibility index (Phi) is 5.79. The van der Waals surface area contributed by atoms with Crippen LogP contribution in [0.5, 0.6) is 11.5 Å². The van der Waals surface area contributed by atoms with Gasteiger partial charge in [0.05, 0.1) is 31.2 Å². The van der Waals surface area contributed by atoms with Crippen LogP contribution in [0.4, 0.5) is 18.9 Å². The first-order valence-electron chi connectivity index (χ1n) is 7.12. The highest BCUT2D eigenvalue weighted by Crippen LogP contribution is 2.36. The Morgan fingerprint density at radius 1 is 1.12 bits per heavy atom. The van der Waals surface area contributed by atoms with Crippen LogP contribution >= 0.6 is 11.6 Å². The Bertz CT molecular complexity index is 778. The molecule has 25 heavy (non-hydrogen) atoms. The van der Waals surface area contributed by atoms with E-state index in [1.54, 1.807) is 18.2 Å². The summed E-state index contributed by atoms with van der Waals surface area (Å²) in [5.74, 6) is 0.522. The van der Waals surface area contributed by atoms with Crippen LogP contribution in [0, 0.1) is 0 Å². The summed E-state index contributed by atoms with van der Waals surface area (Å²) in [7, 11) is 2.95. The zero-order valence-electron chi connectivity index (χ0n) is 13.4. The lowest BCUT2D eigenvalue weighted by molar-refractivity contribution is -0.137. The molecule has 0 atom stereocenters. The van der Waals surface area contributed by atoms with Gasteiger partial charge in [-0.1, -0.05) is 17.7 Å². The number of hydrogen-bond acceptors (Lipinski definition) is 3. The maximum Gasteiger partial charge on any atom is 0.417 e. The summed E-state index contributed by atoms with van der Waals surface area (Å²) >= 11 is 5.55. The Morgan fingerprint density at radius 2 is 1.84 bits per heavy atom. The molecule has 0 fully saturated rings. The first-order valence-corrected chi connectivity index (χ1v) is 7.50. The van der Waals surface area contributed by atoms with Crippen molar-refractivity contribution >= 4 is 23.2 Å². The van der Waals surface area contributed by atoms with E-state index in [-0.39, 0.29) is 12.1 Å². The van der Waals surface area contributed by atoms with Crippen LogP contribution in [-0.4, -0.2) is 20.1 Å². The summed E-state index contributed by atoms with van der Waals surface area (Å²) in [6.07, 6.45) is -4.67. The van der Waals surface area contributed by atoms with Gasteiger partial charge in [-0.15, -0.1) is 0 Å². The molecule has 0 radical (unpaired) electrons. The predicted octanol–water partition coefficient (Wildman–Crippen LogP) is 4.56.